The normalized spacial score (nSPS) is 21.9. The molecule has 74 valence electrons. The molecule has 0 radical (unpaired) electrons. The first-order chi connectivity index (χ1) is 6.25. The van der Waals surface area contributed by atoms with Gasteiger partial charge in [0, 0.05) is 13.0 Å². The first kappa shape index (κ1) is 10.2. The third kappa shape index (κ3) is 2.83. The van der Waals surface area contributed by atoms with Gasteiger partial charge < -0.3 is 5.32 Å². The van der Waals surface area contributed by atoms with Gasteiger partial charge in [-0.3, -0.25) is 9.59 Å². The lowest BCUT2D eigenvalue weighted by Crippen LogP contribution is -2.33. The van der Waals surface area contributed by atoms with E-state index in [0.717, 1.165) is 25.7 Å². The average Bonchev–Trinajstić information content (AvgIpc) is 2.52. The molecule has 0 bridgehead atoms. The minimum absolute atomic E-state index is 0.0593. The van der Waals surface area contributed by atoms with Crippen LogP contribution < -0.4 is 5.32 Å². The quantitative estimate of drug-likeness (QED) is 0.527. The molecule has 1 N–H and O–H groups in total. The Kier molecular flexibility index (Phi) is 3.93. The molecule has 3 nitrogen and oxygen atoms in total. The Morgan fingerprint density at radius 2 is 2.38 bits per heavy atom. The molecule has 1 rings (SSSR count). The summed E-state index contributed by atoms with van der Waals surface area (Å²) < 4.78 is 0. The number of hydrogen-bond acceptors (Lipinski definition) is 2. The number of amides is 1. The summed E-state index contributed by atoms with van der Waals surface area (Å²) >= 11 is 0. The van der Waals surface area contributed by atoms with Gasteiger partial charge in [-0.25, -0.2) is 0 Å². The number of unbranched alkanes of at least 4 members (excludes halogenated alkanes) is 1. The van der Waals surface area contributed by atoms with Crippen molar-refractivity contribution < 1.29 is 9.59 Å². The van der Waals surface area contributed by atoms with Gasteiger partial charge in [0.05, 0.1) is 5.92 Å². The molecule has 0 heterocycles. The van der Waals surface area contributed by atoms with E-state index in [4.69, 9.17) is 0 Å². The Morgan fingerprint density at radius 3 is 2.92 bits per heavy atom. The Labute approximate surface area is 78.9 Å². The molecule has 0 aromatic heterocycles. The standard InChI is InChI=1S/C10H17NO2/c1-2-3-7-11-10(13)8-5-4-6-9(8)12/h8H,2-7H2,1H3,(H,11,13)/t8-/m1/s1. The third-order valence-corrected chi connectivity index (χ3v) is 2.45. The molecular formula is C10H17NO2. The smallest absolute Gasteiger partial charge is 0.230 e. The molecule has 13 heavy (non-hydrogen) atoms. The number of ketones is 1. The van der Waals surface area contributed by atoms with Crippen molar-refractivity contribution in [1.82, 2.24) is 5.32 Å². The fourth-order valence-corrected chi connectivity index (χ4v) is 1.60. The van der Waals surface area contributed by atoms with Crippen LogP contribution in [0.1, 0.15) is 39.0 Å². The molecule has 0 unspecified atom stereocenters. The Balaban J connectivity index is 2.26. The van der Waals surface area contributed by atoms with Crippen molar-refractivity contribution in [3.05, 3.63) is 0 Å². The van der Waals surface area contributed by atoms with Gasteiger partial charge in [0.1, 0.15) is 5.78 Å². The summed E-state index contributed by atoms with van der Waals surface area (Å²) in [4.78, 5) is 22.6. The van der Waals surface area contributed by atoms with Crippen LogP contribution in [0, 0.1) is 5.92 Å². The van der Waals surface area contributed by atoms with Crippen LogP contribution in [-0.4, -0.2) is 18.2 Å². The third-order valence-electron chi connectivity index (χ3n) is 2.45. The van der Waals surface area contributed by atoms with Gasteiger partial charge in [-0.15, -0.1) is 0 Å². The number of carbonyl (C=O) groups is 2. The first-order valence-corrected chi connectivity index (χ1v) is 5.06. The van der Waals surface area contributed by atoms with E-state index < -0.39 is 0 Å². The molecule has 0 saturated heterocycles. The summed E-state index contributed by atoms with van der Waals surface area (Å²) in [6.45, 7) is 2.78. The number of hydrogen-bond donors (Lipinski definition) is 1. The van der Waals surface area contributed by atoms with E-state index in [-0.39, 0.29) is 17.6 Å². The molecule has 1 aliphatic rings. The first-order valence-electron chi connectivity index (χ1n) is 5.06. The van der Waals surface area contributed by atoms with Crippen LogP contribution in [-0.2, 0) is 9.59 Å². The summed E-state index contributed by atoms with van der Waals surface area (Å²) in [6.07, 6.45) is 4.28. The zero-order chi connectivity index (χ0) is 9.68. The maximum atomic E-state index is 11.4. The van der Waals surface area contributed by atoms with E-state index in [1.54, 1.807) is 0 Å². The van der Waals surface area contributed by atoms with E-state index in [1.807, 2.05) is 0 Å². The van der Waals surface area contributed by atoms with Gasteiger partial charge in [0.15, 0.2) is 0 Å². The summed E-state index contributed by atoms with van der Waals surface area (Å²) in [5, 5.41) is 2.80. The molecule has 0 aromatic rings. The minimum Gasteiger partial charge on any atom is -0.355 e. The predicted octanol–water partition coefficient (Wildman–Crippen LogP) is 1.27. The minimum atomic E-state index is -0.336. The van der Waals surface area contributed by atoms with Crippen LogP contribution in [0.4, 0.5) is 0 Å². The topological polar surface area (TPSA) is 46.2 Å². The second-order valence-corrected chi connectivity index (χ2v) is 3.56. The summed E-state index contributed by atoms with van der Waals surface area (Å²) in [7, 11) is 0. The maximum Gasteiger partial charge on any atom is 0.230 e. The lowest BCUT2D eigenvalue weighted by molar-refractivity contribution is -0.132. The van der Waals surface area contributed by atoms with Crippen molar-refractivity contribution in [2.45, 2.75) is 39.0 Å². The van der Waals surface area contributed by atoms with Crippen molar-refractivity contribution in [2.24, 2.45) is 5.92 Å². The lowest BCUT2D eigenvalue weighted by Gasteiger charge is -2.08. The van der Waals surface area contributed by atoms with Crippen molar-refractivity contribution in [3.63, 3.8) is 0 Å². The summed E-state index contributed by atoms with van der Waals surface area (Å²) in [6, 6.07) is 0. The molecule has 1 saturated carbocycles. The fraction of sp³-hybridized carbons (Fsp3) is 0.800. The van der Waals surface area contributed by atoms with Gasteiger partial charge in [0.2, 0.25) is 5.91 Å². The highest BCUT2D eigenvalue weighted by molar-refractivity contribution is 6.02. The van der Waals surface area contributed by atoms with E-state index in [0.29, 0.717) is 13.0 Å². The molecule has 3 heteroatoms. The van der Waals surface area contributed by atoms with Crippen LogP contribution in [0.15, 0.2) is 0 Å². The molecule has 1 aliphatic carbocycles. The van der Waals surface area contributed by atoms with E-state index in [1.165, 1.54) is 0 Å². The van der Waals surface area contributed by atoms with Gasteiger partial charge >= 0.3 is 0 Å². The summed E-state index contributed by atoms with van der Waals surface area (Å²) in [5.74, 6) is -0.276. The van der Waals surface area contributed by atoms with E-state index >= 15 is 0 Å². The SMILES string of the molecule is CCCCNC(=O)[C@@H]1CCCC1=O. The molecule has 1 fully saturated rings. The largest absolute Gasteiger partial charge is 0.355 e. The Hall–Kier alpha value is -0.860. The Bertz CT molecular complexity index is 201. The lowest BCUT2D eigenvalue weighted by atomic mass is 10.1. The van der Waals surface area contributed by atoms with Gasteiger partial charge in [-0.05, 0) is 19.3 Å². The number of carbonyl (C=O) groups excluding carboxylic acids is 2. The van der Waals surface area contributed by atoms with Gasteiger partial charge in [0.25, 0.3) is 0 Å². The zero-order valence-electron chi connectivity index (χ0n) is 8.14. The summed E-state index contributed by atoms with van der Waals surface area (Å²) in [5.41, 5.74) is 0. The zero-order valence-corrected chi connectivity index (χ0v) is 8.14. The van der Waals surface area contributed by atoms with E-state index in [9.17, 15) is 9.59 Å². The van der Waals surface area contributed by atoms with Crippen molar-refractivity contribution in [3.8, 4) is 0 Å². The molecule has 0 spiro atoms. The van der Waals surface area contributed by atoms with Crippen molar-refractivity contribution >= 4 is 11.7 Å². The number of Topliss-reactive ketones (excluding diaryl/α,β-unsaturated/α-hetero) is 1. The molecule has 1 atom stereocenters. The van der Waals surface area contributed by atoms with Crippen LogP contribution >= 0.6 is 0 Å². The van der Waals surface area contributed by atoms with Gasteiger partial charge in [-0.1, -0.05) is 13.3 Å². The highest BCUT2D eigenvalue weighted by atomic mass is 16.2. The second kappa shape index (κ2) is 5.00. The predicted molar refractivity (Wildman–Crippen MR) is 50.3 cm³/mol. The number of rotatable bonds is 4. The fourth-order valence-electron chi connectivity index (χ4n) is 1.60. The number of nitrogens with one attached hydrogen (secondary N) is 1. The highest BCUT2D eigenvalue weighted by Gasteiger charge is 2.30. The van der Waals surface area contributed by atoms with Gasteiger partial charge in [-0.2, -0.15) is 0 Å². The Morgan fingerprint density at radius 1 is 1.62 bits per heavy atom. The van der Waals surface area contributed by atoms with E-state index in [2.05, 4.69) is 12.2 Å². The maximum absolute atomic E-state index is 11.4. The van der Waals surface area contributed by atoms with Crippen molar-refractivity contribution in [2.75, 3.05) is 6.54 Å². The van der Waals surface area contributed by atoms with Crippen LogP contribution in [0.3, 0.4) is 0 Å². The molecule has 1 amide bonds. The monoisotopic (exact) mass is 183 g/mol. The van der Waals surface area contributed by atoms with Crippen LogP contribution in [0.2, 0.25) is 0 Å². The van der Waals surface area contributed by atoms with Crippen LogP contribution in [0.25, 0.3) is 0 Å². The van der Waals surface area contributed by atoms with Crippen molar-refractivity contribution in [1.29, 1.82) is 0 Å². The second-order valence-electron chi connectivity index (χ2n) is 3.56. The molecular weight excluding hydrogens is 166 g/mol. The average molecular weight is 183 g/mol. The molecule has 0 aliphatic heterocycles. The molecule has 0 aromatic carbocycles. The van der Waals surface area contributed by atoms with Crippen LogP contribution in [0.5, 0.6) is 0 Å². The highest BCUT2D eigenvalue weighted by Crippen LogP contribution is 2.21.